The number of benzene rings is 2. The molecule has 0 aromatic heterocycles. The van der Waals surface area contributed by atoms with Gasteiger partial charge in [-0.05, 0) is 35.4 Å². The van der Waals surface area contributed by atoms with Crippen molar-refractivity contribution in [2.45, 2.75) is 13.3 Å². The van der Waals surface area contributed by atoms with E-state index in [2.05, 4.69) is 10.3 Å². The van der Waals surface area contributed by atoms with E-state index in [1.54, 1.807) is 11.8 Å². The van der Waals surface area contributed by atoms with Crippen LogP contribution < -0.4 is 16.8 Å². The van der Waals surface area contributed by atoms with Crippen molar-refractivity contribution in [3.05, 3.63) is 59.8 Å². The second kappa shape index (κ2) is 7.95. The Bertz CT molecular complexity index is 899. The van der Waals surface area contributed by atoms with Gasteiger partial charge in [0.1, 0.15) is 5.84 Å². The summed E-state index contributed by atoms with van der Waals surface area (Å²) in [7, 11) is 1.87. The molecular weight excluding hydrogens is 338 g/mol. The second-order valence-corrected chi connectivity index (χ2v) is 6.57. The minimum Gasteiger partial charge on any atom is -0.399 e. The third-order valence-corrected chi connectivity index (χ3v) is 4.74. The number of anilines is 1. The zero-order valence-corrected chi connectivity index (χ0v) is 15.7. The van der Waals surface area contributed by atoms with Crippen LogP contribution in [-0.4, -0.2) is 36.8 Å². The second-order valence-electron chi connectivity index (χ2n) is 6.57. The van der Waals surface area contributed by atoms with Crippen LogP contribution in [0.2, 0.25) is 0 Å². The molecule has 0 aliphatic carbocycles. The van der Waals surface area contributed by atoms with Gasteiger partial charge in [0, 0.05) is 43.9 Å². The lowest BCUT2D eigenvalue weighted by atomic mass is 10.0. The predicted molar refractivity (Wildman–Crippen MR) is 111 cm³/mol. The van der Waals surface area contributed by atoms with E-state index in [0.29, 0.717) is 18.9 Å². The van der Waals surface area contributed by atoms with Gasteiger partial charge in [0.05, 0.1) is 12.2 Å². The van der Waals surface area contributed by atoms with Crippen LogP contribution >= 0.6 is 0 Å². The average molecular weight is 363 g/mol. The highest BCUT2D eigenvalue weighted by molar-refractivity contribution is 6.00. The molecule has 27 heavy (non-hydrogen) atoms. The van der Waals surface area contributed by atoms with Gasteiger partial charge in [0.2, 0.25) is 5.91 Å². The number of nitrogen functional groups attached to an aromatic ring is 1. The van der Waals surface area contributed by atoms with E-state index in [1.807, 2.05) is 55.6 Å². The standard InChI is InChI=1S/C21H25N5O/c1-14(27)26-11-10-20(24-2)19(13-26)21(23)25-18-8-6-15(7-9-18)16-4-3-5-17(22)12-16/h3-9,12,24H,10-11,13,22H2,1-2H3,(H2,23,25). The first-order chi connectivity index (χ1) is 13.0. The van der Waals surface area contributed by atoms with Crippen molar-refractivity contribution in [2.75, 3.05) is 25.9 Å². The van der Waals surface area contributed by atoms with Gasteiger partial charge in [0.15, 0.2) is 0 Å². The molecule has 0 radical (unpaired) electrons. The Kier molecular flexibility index (Phi) is 5.45. The Hall–Kier alpha value is -3.28. The molecule has 5 N–H and O–H groups in total. The highest BCUT2D eigenvalue weighted by Gasteiger charge is 2.22. The van der Waals surface area contributed by atoms with E-state index in [4.69, 9.17) is 11.5 Å². The fourth-order valence-electron chi connectivity index (χ4n) is 3.20. The minimum absolute atomic E-state index is 0.0435. The van der Waals surface area contributed by atoms with E-state index in [-0.39, 0.29) is 5.91 Å². The molecule has 0 bridgehead atoms. The maximum atomic E-state index is 11.7. The van der Waals surface area contributed by atoms with Crippen LogP contribution in [0.4, 0.5) is 11.4 Å². The van der Waals surface area contributed by atoms with Gasteiger partial charge >= 0.3 is 0 Å². The molecule has 1 amide bonds. The van der Waals surface area contributed by atoms with E-state index in [1.165, 1.54) is 0 Å². The Morgan fingerprint density at radius 1 is 1.15 bits per heavy atom. The molecule has 6 nitrogen and oxygen atoms in total. The third kappa shape index (κ3) is 4.28. The molecule has 1 aliphatic heterocycles. The van der Waals surface area contributed by atoms with Gasteiger partial charge in [-0.25, -0.2) is 4.99 Å². The number of aliphatic imine (C=N–C) groups is 1. The molecule has 2 aromatic carbocycles. The zero-order valence-electron chi connectivity index (χ0n) is 15.7. The Morgan fingerprint density at radius 3 is 2.52 bits per heavy atom. The number of amides is 1. The smallest absolute Gasteiger partial charge is 0.219 e. The van der Waals surface area contributed by atoms with Crippen molar-refractivity contribution in [2.24, 2.45) is 10.7 Å². The summed E-state index contributed by atoms with van der Waals surface area (Å²) in [4.78, 5) is 18.0. The van der Waals surface area contributed by atoms with E-state index in [9.17, 15) is 4.79 Å². The number of hydrogen-bond donors (Lipinski definition) is 3. The van der Waals surface area contributed by atoms with Crippen molar-refractivity contribution in [3.8, 4) is 11.1 Å². The highest BCUT2D eigenvalue weighted by Crippen LogP contribution is 2.25. The summed E-state index contributed by atoms with van der Waals surface area (Å²) in [6.45, 7) is 2.74. The molecule has 140 valence electrons. The topological polar surface area (TPSA) is 96.7 Å². The number of rotatable bonds is 4. The molecule has 0 spiro atoms. The number of carbonyl (C=O) groups excluding carboxylic acids is 1. The lowest BCUT2D eigenvalue weighted by Gasteiger charge is -2.29. The van der Waals surface area contributed by atoms with Gasteiger partial charge in [0.25, 0.3) is 0 Å². The van der Waals surface area contributed by atoms with Crippen molar-refractivity contribution in [1.29, 1.82) is 0 Å². The zero-order chi connectivity index (χ0) is 19.4. The summed E-state index contributed by atoms with van der Waals surface area (Å²) >= 11 is 0. The fraction of sp³-hybridized carbons (Fsp3) is 0.238. The quantitative estimate of drug-likeness (QED) is 0.442. The number of hydrogen-bond acceptors (Lipinski definition) is 4. The van der Waals surface area contributed by atoms with Gasteiger partial charge in [-0.15, -0.1) is 0 Å². The SMILES string of the molecule is CNC1=C(C(N)=Nc2ccc(-c3cccc(N)c3)cc2)CN(C(C)=O)CC1. The molecule has 2 aromatic rings. The molecule has 0 saturated heterocycles. The summed E-state index contributed by atoms with van der Waals surface area (Å²) in [5.41, 5.74) is 17.7. The molecule has 3 rings (SSSR count). The first kappa shape index (κ1) is 18.5. The fourth-order valence-corrected chi connectivity index (χ4v) is 3.20. The van der Waals surface area contributed by atoms with Crippen LogP contribution in [0.25, 0.3) is 11.1 Å². The molecule has 1 heterocycles. The van der Waals surface area contributed by atoms with Gasteiger partial charge in [-0.3, -0.25) is 4.79 Å². The van der Waals surface area contributed by atoms with Crippen LogP contribution in [0.15, 0.2) is 64.8 Å². The molecule has 1 aliphatic rings. The Labute approximate surface area is 159 Å². The lowest BCUT2D eigenvalue weighted by Crippen LogP contribution is -2.40. The summed E-state index contributed by atoms with van der Waals surface area (Å²) in [6, 6.07) is 15.6. The normalized spacial score (nSPS) is 15.0. The van der Waals surface area contributed by atoms with Gasteiger partial charge in [-0.1, -0.05) is 24.3 Å². The monoisotopic (exact) mass is 363 g/mol. The van der Waals surface area contributed by atoms with E-state index < -0.39 is 0 Å². The Balaban J connectivity index is 1.84. The van der Waals surface area contributed by atoms with Crippen LogP contribution in [0.3, 0.4) is 0 Å². The number of nitrogens with one attached hydrogen (secondary N) is 1. The maximum Gasteiger partial charge on any atom is 0.219 e. The minimum atomic E-state index is 0.0435. The highest BCUT2D eigenvalue weighted by atomic mass is 16.2. The molecule has 0 fully saturated rings. The molecular formula is C21H25N5O. The number of nitrogens with two attached hydrogens (primary N) is 2. The van der Waals surface area contributed by atoms with Crippen molar-refractivity contribution in [3.63, 3.8) is 0 Å². The van der Waals surface area contributed by atoms with Crippen molar-refractivity contribution in [1.82, 2.24) is 10.2 Å². The van der Waals surface area contributed by atoms with Gasteiger partial charge < -0.3 is 21.7 Å². The molecule has 0 atom stereocenters. The van der Waals surface area contributed by atoms with Crippen LogP contribution in [0.5, 0.6) is 0 Å². The Morgan fingerprint density at radius 2 is 1.89 bits per heavy atom. The van der Waals surface area contributed by atoms with Crippen LogP contribution in [0.1, 0.15) is 13.3 Å². The first-order valence-corrected chi connectivity index (χ1v) is 8.93. The third-order valence-electron chi connectivity index (χ3n) is 4.74. The molecule has 0 unspecified atom stereocenters. The maximum absolute atomic E-state index is 11.7. The molecule has 0 saturated carbocycles. The predicted octanol–water partition coefficient (Wildman–Crippen LogP) is 2.65. The van der Waals surface area contributed by atoms with Crippen molar-refractivity contribution >= 4 is 23.1 Å². The lowest BCUT2D eigenvalue weighted by molar-refractivity contribution is -0.128. The van der Waals surface area contributed by atoms with Crippen LogP contribution in [-0.2, 0) is 4.79 Å². The number of carbonyl (C=O) groups is 1. The van der Waals surface area contributed by atoms with Gasteiger partial charge in [-0.2, -0.15) is 0 Å². The average Bonchev–Trinajstić information content (AvgIpc) is 2.68. The number of amidine groups is 1. The largest absolute Gasteiger partial charge is 0.399 e. The molecule has 6 heteroatoms. The first-order valence-electron chi connectivity index (χ1n) is 8.93. The summed E-state index contributed by atoms with van der Waals surface area (Å²) in [6.07, 6.45) is 0.746. The summed E-state index contributed by atoms with van der Waals surface area (Å²) < 4.78 is 0. The van der Waals surface area contributed by atoms with Crippen molar-refractivity contribution < 1.29 is 4.79 Å². The van der Waals surface area contributed by atoms with E-state index >= 15 is 0 Å². The van der Waals surface area contributed by atoms with E-state index in [0.717, 1.165) is 40.2 Å². The summed E-state index contributed by atoms with van der Waals surface area (Å²) in [5, 5.41) is 3.19. The summed E-state index contributed by atoms with van der Waals surface area (Å²) in [5.74, 6) is 0.476. The number of nitrogens with zero attached hydrogens (tertiary/aromatic N) is 2. The van der Waals surface area contributed by atoms with Crippen LogP contribution in [0, 0.1) is 0 Å².